The Balaban J connectivity index is 2.66. The first-order valence-electron chi connectivity index (χ1n) is 5.71. The lowest BCUT2D eigenvalue weighted by Gasteiger charge is -2.15. The first-order valence-corrected chi connectivity index (χ1v) is 5.71. The van der Waals surface area contributed by atoms with Crippen LogP contribution in [0.15, 0.2) is 18.2 Å². The maximum Gasteiger partial charge on any atom is 0.222 e. The Hall–Kier alpha value is -1.42. The summed E-state index contributed by atoms with van der Waals surface area (Å²) < 4.78 is 13.4. The quantitative estimate of drug-likeness (QED) is 0.843. The number of benzene rings is 1. The predicted molar refractivity (Wildman–Crippen MR) is 66.0 cm³/mol. The minimum Gasteiger partial charge on any atom is -0.350 e. The molecule has 0 radical (unpaired) electrons. The second-order valence-electron chi connectivity index (χ2n) is 4.48. The van der Waals surface area contributed by atoms with Crippen LogP contribution >= 0.6 is 0 Å². The monoisotopic (exact) mass is 238 g/mol. The molecule has 2 unspecified atom stereocenters. The third-order valence-corrected chi connectivity index (χ3v) is 2.58. The largest absolute Gasteiger partial charge is 0.350 e. The molecule has 1 aromatic carbocycles. The summed E-state index contributed by atoms with van der Waals surface area (Å²) in [5.41, 5.74) is 6.89. The van der Waals surface area contributed by atoms with Gasteiger partial charge in [-0.2, -0.15) is 0 Å². The minimum atomic E-state index is -0.254. The van der Waals surface area contributed by atoms with Crippen LogP contribution in [0.25, 0.3) is 0 Å². The van der Waals surface area contributed by atoms with E-state index in [1.807, 2.05) is 13.0 Å². The van der Waals surface area contributed by atoms with E-state index in [0.717, 1.165) is 5.56 Å². The number of rotatable bonds is 4. The molecule has 1 rings (SSSR count). The van der Waals surface area contributed by atoms with E-state index in [9.17, 15) is 9.18 Å². The maximum absolute atomic E-state index is 13.4. The molecule has 1 aromatic rings. The van der Waals surface area contributed by atoms with E-state index in [0.29, 0.717) is 5.56 Å². The van der Waals surface area contributed by atoms with Gasteiger partial charge in [-0.3, -0.25) is 4.79 Å². The predicted octanol–water partition coefficient (Wildman–Crippen LogP) is 2.05. The van der Waals surface area contributed by atoms with E-state index in [2.05, 4.69) is 5.32 Å². The van der Waals surface area contributed by atoms with Crippen LogP contribution in [0.4, 0.5) is 4.39 Å². The zero-order valence-electron chi connectivity index (χ0n) is 10.5. The van der Waals surface area contributed by atoms with Gasteiger partial charge >= 0.3 is 0 Å². The highest BCUT2D eigenvalue weighted by Crippen LogP contribution is 2.16. The summed E-state index contributed by atoms with van der Waals surface area (Å²) >= 11 is 0. The third-order valence-electron chi connectivity index (χ3n) is 2.58. The molecule has 4 heteroatoms. The first-order chi connectivity index (χ1) is 7.90. The average Bonchev–Trinajstić information content (AvgIpc) is 2.20. The molecule has 2 atom stereocenters. The van der Waals surface area contributed by atoms with Crippen LogP contribution in [0.2, 0.25) is 0 Å². The molecule has 0 aromatic heterocycles. The van der Waals surface area contributed by atoms with Crippen LogP contribution in [-0.4, -0.2) is 11.9 Å². The summed E-state index contributed by atoms with van der Waals surface area (Å²) in [5.74, 6) is -0.371. The zero-order chi connectivity index (χ0) is 13.0. The number of carbonyl (C=O) groups excluding carboxylic acids is 1. The van der Waals surface area contributed by atoms with Gasteiger partial charge in [0.2, 0.25) is 5.91 Å². The van der Waals surface area contributed by atoms with Gasteiger partial charge in [0.25, 0.3) is 0 Å². The highest BCUT2D eigenvalue weighted by molar-refractivity contribution is 5.76. The van der Waals surface area contributed by atoms with E-state index >= 15 is 0 Å². The summed E-state index contributed by atoms with van der Waals surface area (Å²) in [4.78, 5) is 11.5. The summed E-state index contributed by atoms with van der Waals surface area (Å²) in [7, 11) is 0. The lowest BCUT2D eigenvalue weighted by Crippen LogP contribution is -2.31. The fourth-order valence-electron chi connectivity index (χ4n) is 1.55. The Labute approximate surface area is 101 Å². The normalized spacial score (nSPS) is 14.2. The molecule has 1 amide bonds. The highest BCUT2D eigenvalue weighted by Gasteiger charge is 2.12. The van der Waals surface area contributed by atoms with Gasteiger partial charge < -0.3 is 11.1 Å². The van der Waals surface area contributed by atoms with Crippen LogP contribution in [-0.2, 0) is 4.79 Å². The van der Waals surface area contributed by atoms with Crippen molar-refractivity contribution in [3.05, 3.63) is 35.1 Å². The molecule has 94 valence electrons. The minimum absolute atomic E-state index is 0.117. The lowest BCUT2D eigenvalue weighted by atomic mass is 10.1. The van der Waals surface area contributed by atoms with Gasteiger partial charge in [-0.25, -0.2) is 4.39 Å². The van der Waals surface area contributed by atoms with Gasteiger partial charge in [-0.05, 0) is 38.0 Å². The summed E-state index contributed by atoms with van der Waals surface area (Å²) in [6.45, 7) is 5.30. The fourth-order valence-corrected chi connectivity index (χ4v) is 1.55. The fraction of sp³-hybridized carbons (Fsp3) is 0.462. The van der Waals surface area contributed by atoms with Crippen LogP contribution in [0, 0.1) is 12.7 Å². The van der Waals surface area contributed by atoms with E-state index in [1.54, 1.807) is 19.9 Å². The van der Waals surface area contributed by atoms with Crippen molar-refractivity contribution in [2.75, 3.05) is 0 Å². The Bertz CT molecular complexity index is 404. The van der Waals surface area contributed by atoms with Crippen molar-refractivity contribution in [3.8, 4) is 0 Å². The Morgan fingerprint density at radius 1 is 1.47 bits per heavy atom. The first kappa shape index (κ1) is 13.6. The van der Waals surface area contributed by atoms with Crippen LogP contribution in [0.5, 0.6) is 0 Å². The molecule has 0 saturated carbocycles. The molecule has 0 aliphatic carbocycles. The Morgan fingerprint density at radius 3 is 2.65 bits per heavy atom. The molecule has 0 spiro atoms. The number of hydrogen-bond donors (Lipinski definition) is 2. The molecule has 3 N–H and O–H groups in total. The number of nitrogens with one attached hydrogen (secondary N) is 1. The van der Waals surface area contributed by atoms with E-state index in [-0.39, 0.29) is 30.2 Å². The summed E-state index contributed by atoms with van der Waals surface area (Å²) in [6.07, 6.45) is 0.276. The van der Waals surface area contributed by atoms with Gasteiger partial charge in [-0.1, -0.05) is 12.1 Å². The molecule has 0 heterocycles. The Kier molecular flexibility index (Phi) is 4.63. The number of nitrogens with two attached hydrogens (primary N) is 1. The molecule has 17 heavy (non-hydrogen) atoms. The average molecular weight is 238 g/mol. The van der Waals surface area contributed by atoms with Crippen LogP contribution in [0.1, 0.15) is 37.4 Å². The van der Waals surface area contributed by atoms with E-state index in [4.69, 9.17) is 5.73 Å². The zero-order valence-corrected chi connectivity index (χ0v) is 10.5. The third kappa shape index (κ3) is 4.15. The molecule has 0 bridgehead atoms. The maximum atomic E-state index is 13.4. The van der Waals surface area contributed by atoms with Crippen molar-refractivity contribution in [2.24, 2.45) is 5.73 Å². The Morgan fingerprint density at radius 2 is 2.12 bits per heavy atom. The van der Waals surface area contributed by atoms with Crippen LogP contribution in [0.3, 0.4) is 0 Å². The molecular formula is C13H19FN2O. The van der Waals surface area contributed by atoms with Gasteiger partial charge in [0, 0.05) is 12.5 Å². The van der Waals surface area contributed by atoms with Crippen molar-refractivity contribution >= 4 is 5.91 Å². The van der Waals surface area contributed by atoms with Crippen molar-refractivity contribution < 1.29 is 9.18 Å². The second-order valence-corrected chi connectivity index (χ2v) is 4.48. The van der Waals surface area contributed by atoms with Crippen molar-refractivity contribution in [1.82, 2.24) is 5.32 Å². The van der Waals surface area contributed by atoms with Crippen molar-refractivity contribution in [2.45, 2.75) is 39.3 Å². The number of hydrogen-bond acceptors (Lipinski definition) is 2. The van der Waals surface area contributed by atoms with Crippen LogP contribution < -0.4 is 11.1 Å². The molecule has 0 fully saturated rings. The molecule has 0 aliphatic rings. The molecular weight excluding hydrogens is 219 g/mol. The standard InChI is InChI=1S/C13H19FN2O/c1-8-4-5-11(7-12(8)14)10(3)16-13(17)6-9(2)15/h4-5,7,9-10H,6,15H2,1-3H3,(H,16,17). The molecule has 3 nitrogen and oxygen atoms in total. The number of amides is 1. The number of halogens is 1. The van der Waals surface area contributed by atoms with Crippen molar-refractivity contribution in [1.29, 1.82) is 0 Å². The summed E-state index contributed by atoms with van der Waals surface area (Å²) in [6, 6.07) is 4.59. The number of aryl methyl sites for hydroxylation is 1. The van der Waals surface area contributed by atoms with Gasteiger partial charge in [-0.15, -0.1) is 0 Å². The van der Waals surface area contributed by atoms with Gasteiger partial charge in [0.1, 0.15) is 5.82 Å². The van der Waals surface area contributed by atoms with E-state index in [1.165, 1.54) is 6.07 Å². The second kappa shape index (κ2) is 5.77. The SMILES string of the molecule is Cc1ccc(C(C)NC(=O)CC(C)N)cc1F. The topological polar surface area (TPSA) is 55.1 Å². The number of carbonyl (C=O) groups is 1. The van der Waals surface area contributed by atoms with Crippen molar-refractivity contribution in [3.63, 3.8) is 0 Å². The smallest absolute Gasteiger partial charge is 0.222 e. The van der Waals surface area contributed by atoms with Gasteiger partial charge in [0.05, 0.1) is 6.04 Å². The lowest BCUT2D eigenvalue weighted by molar-refractivity contribution is -0.122. The molecule has 0 aliphatic heterocycles. The highest BCUT2D eigenvalue weighted by atomic mass is 19.1. The van der Waals surface area contributed by atoms with Gasteiger partial charge in [0.15, 0.2) is 0 Å². The molecule has 0 saturated heterocycles. The van der Waals surface area contributed by atoms with E-state index < -0.39 is 0 Å². The summed E-state index contributed by atoms with van der Waals surface area (Å²) in [5, 5.41) is 2.79.